The van der Waals surface area contributed by atoms with Crippen LogP contribution in [0.5, 0.6) is 0 Å². The molecule has 20 heavy (non-hydrogen) atoms. The molecule has 2 heterocycles. The Morgan fingerprint density at radius 2 is 2.00 bits per heavy atom. The average molecular weight is 299 g/mol. The van der Waals surface area contributed by atoms with Gasteiger partial charge in [0.1, 0.15) is 0 Å². The quantitative estimate of drug-likeness (QED) is 0.864. The van der Waals surface area contributed by atoms with Gasteiger partial charge >= 0.3 is 0 Å². The Balaban J connectivity index is 1.77. The minimum atomic E-state index is -3.01. The van der Waals surface area contributed by atoms with Gasteiger partial charge in [0, 0.05) is 44.6 Å². The molecule has 0 radical (unpaired) electrons. The number of nitrogens with zero attached hydrogens (tertiary/aromatic N) is 2. The highest BCUT2D eigenvalue weighted by Crippen LogP contribution is 2.15. The van der Waals surface area contributed by atoms with E-state index in [0.717, 1.165) is 25.9 Å². The standard InChI is InChI=1S/C14H25N3O2S/c1-3-16-8-5-13(12-16)11-15-14-6-9-17(10-7-14)20(18,19)4-2/h5,8,12,14-15H,3-4,6-7,9-11H2,1-2H3. The van der Waals surface area contributed by atoms with Gasteiger partial charge in [0.25, 0.3) is 0 Å². The van der Waals surface area contributed by atoms with E-state index in [2.05, 4.69) is 35.3 Å². The number of nitrogens with one attached hydrogen (secondary N) is 1. The molecule has 5 nitrogen and oxygen atoms in total. The van der Waals surface area contributed by atoms with Crippen molar-refractivity contribution in [3.63, 3.8) is 0 Å². The lowest BCUT2D eigenvalue weighted by molar-refractivity contribution is 0.289. The van der Waals surface area contributed by atoms with Crippen molar-refractivity contribution in [2.45, 2.75) is 45.8 Å². The molecular weight excluding hydrogens is 274 g/mol. The number of aryl methyl sites for hydroxylation is 1. The highest BCUT2D eigenvalue weighted by molar-refractivity contribution is 7.89. The van der Waals surface area contributed by atoms with E-state index in [0.29, 0.717) is 19.1 Å². The van der Waals surface area contributed by atoms with Gasteiger partial charge in [-0.05, 0) is 38.3 Å². The molecule has 2 rings (SSSR count). The van der Waals surface area contributed by atoms with Crippen molar-refractivity contribution in [2.75, 3.05) is 18.8 Å². The highest BCUT2D eigenvalue weighted by Gasteiger charge is 2.26. The van der Waals surface area contributed by atoms with E-state index in [1.165, 1.54) is 5.56 Å². The van der Waals surface area contributed by atoms with Crippen molar-refractivity contribution in [1.82, 2.24) is 14.2 Å². The SMILES string of the molecule is CCn1ccc(CNC2CCN(S(=O)(=O)CC)CC2)c1. The average Bonchev–Trinajstić information content (AvgIpc) is 2.93. The summed E-state index contributed by atoms with van der Waals surface area (Å²) >= 11 is 0. The molecule has 1 N–H and O–H groups in total. The van der Waals surface area contributed by atoms with Crippen molar-refractivity contribution >= 4 is 10.0 Å². The summed E-state index contributed by atoms with van der Waals surface area (Å²) in [5.41, 5.74) is 1.29. The molecule has 114 valence electrons. The predicted molar refractivity (Wildman–Crippen MR) is 81.0 cm³/mol. The van der Waals surface area contributed by atoms with Crippen LogP contribution in [0.3, 0.4) is 0 Å². The zero-order valence-corrected chi connectivity index (χ0v) is 13.2. The summed E-state index contributed by atoms with van der Waals surface area (Å²) in [6.07, 6.45) is 6.04. The Kier molecular flexibility index (Phi) is 5.23. The molecule has 0 saturated carbocycles. The molecule has 6 heteroatoms. The van der Waals surface area contributed by atoms with Crippen LogP contribution in [0.2, 0.25) is 0 Å². The number of sulfonamides is 1. The molecule has 0 aromatic carbocycles. The molecule has 1 aliphatic heterocycles. The number of aromatic nitrogens is 1. The summed E-state index contributed by atoms with van der Waals surface area (Å²) in [4.78, 5) is 0. The highest BCUT2D eigenvalue weighted by atomic mass is 32.2. The molecule has 0 aliphatic carbocycles. The first-order valence-electron chi connectivity index (χ1n) is 7.41. The maximum atomic E-state index is 11.8. The van der Waals surface area contributed by atoms with Gasteiger partial charge in [0.2, 0.25) is 10.0 Å². The van der Waals surface area contributed by atoms with Gasteiger partial charge in [-0.15, -0.1) is 0 Å². The molecule has 0 unspecified atom stereocenters. The van der Waals surface area contributed by atoms with Crippen LogP contribution in [-0.4, -0.2) is 42.2 Å². The van der Waals surface area contributed by atoms with Gasteiger partial charge in [-0.3, -0.25) is 0 Å². The van der Waals surface area contributed by atoms with Gasteiger partial charge in [-0.2, -0.15) is 0 Å². The topological polar surface area (TPSA) is 54.3 Å². The molecular formula is C14H25N3O2S. The maximum Gasteiger partial charge on any atom is 0.213 e. The molecule has 1 saturated heterocycles. The van der Waals surface area contributed by atoms with Gasteiger partial charge in [-0.25, -0.2) is 12.7 Å². The largest absolute Gasteiger partial charge is 0.354 e. The molecule has 1 aliphatic rings. The van der Waals surface area contributed by atoms with Gasteiger partial charge in [-0.1, -0.05) is 0 Å². The molecule has 0 spiro atoms. The van der Waals surface area contributed by atoms with Crippen LogP contribution in [0.4, 0.5) is 0 Å². The first-order chi connectivity index (χ1) is 9.55. The van der Waals surface area contributed by atoms with Crippen molar-refractivity contribution in [1.29, 1.82) is 0 Å². The van der Waals surface area contributed by atoms with Crippen molar-refractivity contribution < 1.29 is 8.42 Å². The summed E-state index contributed by atoms with van der Waals surface area (Å²) in [6, 6.07) is 2.55. The molecule has 0 atom stereocenters. The monoisotopic (exact) mass is 299 g/mol. The molecule has 1 fully saturated rings. The Labute approximate surface area is 122 Å². The third-order valence-corrected chi connectivity index (χ3v) is 5.87. The smallest absolute Gasteiger partial charge is 0.213 e. The van der Waals surface area contributed by atoms with E-state index < -0.39 is 10.0 Å². The van der Waals surface area contributed by atoms with E-state index in [-0.39, 0.29) is 5.75 Å². The Bertz CT molecular complexity index is 516. The summed E-state index contributed by atoms with van der Waals surface area (Å²) in [7, 11) is -3.01. The van der Waals surface area contributed by atoms with Crippen LogP contribution in [-0.2, 0) is 23.1 Å². The normalized spacial score (nSPS) is 18.5. The van der Waals surface area contributed by atoms with Crippen molar-refractivity contribution in [3.05, 3.63) is 24.0 Å². The molecule has 1 aromatic heterocycles. The van der Waals surface area contributed by atoms with Crippen LogP contribution in [0.15, 0.2) is 18.5 Å². The lowest BCUT2D eigenvalue weighted by Gasteiger charge is -2.31. The van der Waals surface area contributed by atoms with Crippen LogP contribution < -0.4 is 5.32 Å². The van der Waals surface area contributed by atoms with Gasteiger partial charge in [0.05, 0.1) is 5.75 Å². The first kappa shape index (κ1) is 15.5. The van der Waals surface area contributed by atoms with Crippen molar-refractivity contribution in [2.24, 2.45) is 0 Å². The number of piperidine rings is 1. The fourth-order valence-corrected chi connectivity index (χ4v) is 3.71. The lowest BCUT2D eigenvalue weighted by Crippen LogP contribution is -2.45. The van der Waals surface area contributed by atoms with Gasteiger partial charge < -0.3 is 9.88 Å². The fraction of sp³-hybridized carbons (Fsp3) is 0.714. The van der Waals surface area contributed by atoms with Crippen LogP contribution in [0.1, 0.15) is 32.3 Å². The molecule has 0 amide bonds. The predicted octanol–water partition coefficient (Wildman–Crippen LogP) is 1.41. The molecule has 1 aromatic rings. The minimum Gasteiger partial charge on any atom is -0.354 e. The third-order valence-electron chi connectivity index (χ3n) is 3.98. The number of hydrogen-bond acceptors (Lipinski definition) is 3. The fourth-order valence-electron chi connectivity index (χ4n) is 2.57. The first-order valence-corrected chi connectivity index (χ1v) is 9.02. The maximum absolute atomic E-state index is 11.8. The van der Waals surface area contributed by atoms with E-state index in [4.69, 9.17) is 0 Å². The van der Waals surface area contributed by atoms with Crippen LogP contribution in [0.25, 0.3) is 0 Å². The zero-order chi connectivity index (χ0) is 14.6. The summed E-state index contributed by atoms with van der Waals surface area (Å²) in [6.45, 7) is 6.97. The van der Waals surface area contributed by atoms with E-state index in [9.17, 15) is 8.42 Å². The van der Waals surface area contributed by atoms with Crippen LogP contribution in [0, 0.1) is 0 Å². The van der Waals surface area contributed by atoms with E-state index in [1.54, 1.807) is 11.2 Å². The third kappa shape index (κ3) is 3.84. The Morgan fingerprint density at radius 1 is 1.30 bits per heavy atom. The Morgan fingerprint density at radius 3 is 2.55 bits per heavy atom. The minimum absolute atomic E-state index is 0.204. The summed E-state index contributed by atoms with van der Waals surface area (Å²) < 4.78 is 27.3. The van der Waals surface area contributed by atoms with Gasteiger partial charge in [0.15, 0.2) is 0 Å². The second-order valence-electron chi connectivity index (χ2n) is 5.30. The summed E-state index contributed by atoms with van der Waals surface area (Å²) in [5.74, 6) is 0.204. The lowest BCUT2D eigenvalue weighted by atomic mass is 10.1. The second-order valence-corrected chi connectivity index (χ2v) is 7.56. The summed E-state index contributed by atoms with van der Waals surface area (Å²) in [5, 5.41) is 3.53. The zero-order valence-electron chi connectivity index (χ0n) is 12.4. The van der Waals surface area contributed by atoms with Crippen LogP contribution >= 0.6 is 0 Å². The molecule has 0 bridgehead atoms. The number of rotatable bonds is 6. The van der Waals surface area contributed by atoms with E-state index >= 15 is 0 Å². The Hall–Kier alpha value is -0.850. The van der Waals surface area contributed by atoms with Crippen molar-refractivity contribution in [3.8, 4) is 0 Å². The number of hydrogen-bond donors (Lipinski definition) is 1. The van der Waals surface area contributed by atoms with E-state index in [1.807, 2.05) is 0 Å². The second kappa shape index (κ2) is 6.74.